The van der Waals surface area contributed by atoms with Crippen LogP contribution in [0.5, 0.6) is 0 Å². The van der Waals surface area contributed by atoms with E-state index < -0.39 is 4.92 Å². The number of aromatic nitrogens is 2. The van der Waals surface area contributed by atoms with E-state index in [1.54, 1.807) is 7.05 Å². The maximum atomic E-state index is 11.0. The fraction of sp³-hybridized carbons (Fsp3) is 0.474. The first-order valence-electron chi connectivity index (χ1n) is 9.65. The number of benzene rings is 1. The third-order valence-electron chi connectivity index (χ3n) is 4.87. The summed E-state index contributed by atoms with van der Waals surface area (Å²) in [6.07, 6.45) is 1.51. The summed E-state index contributed by atoms with van der Waals surface area (Å²) in [4.78, 5) is 23.4. The second kappa shape index (κ2) is 9.01. The number of nitrogens with zero attached hydrogens (tertiary/aromatic N) is 5. The predicted octanol–water partition coefficient (Wildman–Crippen LogP) is 2.25. The molecule has 1 fully saturated rings. The minimum Gasteiger partial charge on any atom is -0.367 e. The normalized spacial score (nSPS) is 17.4. The van der Waals surface area contributed by atoms with Gasteiger partial charge in [-0.15, -0.1) is 0 Å². The van der Waals surface area contributed by atoms with Crippen LogP contribution in [0.1, 0.15) is 13.8 Å². The minimum absolute atomic E-state index is 0.159. The maximum absolute atomic E-state index is 11.0. The van der Waals surface area contributed by atoms with Gasteiger partial charge in [-0.3, -0.25) is 20.3 Å². The van der Waals surface area contributed by atoms with Crippen molar-refractivity contribution in [2.75, 3.05) is 49.3 Å². The van der Waals surface area contributed by atoms with Crippen molar-refractivity contribution in [1.82, 2.24) is 20.2 Å². The van der Waals surface area contributed by atoms with Crippen LogP contribution in [-0.4, -0.2) is 65.7 Å². The predicted molar refractivity (Wildman–Crippen MR) is 115 cm³/mol. The summed E-state index contributed by atoms with van der Waals surface area (Å²) in [5.74, 6) is 0.471. The van der Waals surface area contributed by atoms with Gasteiger partial charge in [-0.25, -0.2) is 4.98 Å². The van der Waals surface area contributed by atoms with Crippen molar-refractivity contribution in [3.63, 3.8) is 0 Å². The van der Waals surface area contributed by atoms with E-state index in [1.165, 1.54) is 6.20 Å². The summed E-state index contributed by atoms with van der Waals surface area (Å²) in [6, 6.07) is 8.47. The lowest BCUT2D eigenvalue weighted by atomic mass is 10.2. The van der Waals surface area contributed by atoms with Crippen LogP contribution in [0.15, 0.2) is 30.5 Å². The Morgan fingerprint density at radius 3 is 2.59 bits per heavy atom. The molecule has 0 aliphatic carbocycles. The molecular formula is C19H28N8O2. The summed E-state index contributed by atoms with van der Waals surface area (Å²) in [7, 11) is 3.74. The Kier molecular flexibility index (Phi) is 6.45. The zero-order valence-corrected chi connectivity index (χ0v) is 17.2. The van der Waals surface area contributed by atoms with E-state index in [-0.39, 0.29) is 11.5 Å². The quantitative estimate of drug-likeness (QED) is 0.476. The maximum Gasteiger partial charge on any atom is 0.329 e. The molecule has 3 rings (SSSR count). The first-order chi connectivity index (χ1) is 13.9. The molecular weight excluding hydrogens is 372 g/mol. The van der Waals surface area contributed by atoms with Crippen molar-refractivity contribution in [1.29, 1.82) is 0 Å². The van der Waals surface area contributed by atoms with Crippen molar-refractivity contribution in [2.24, 2.45) is 0 Å². The molecule has 10 nitrogen and oxygen atoms in total. The van der Waals surface area contributed by atoms with Gasteiger partial charge in [0.15, 0.2) is 0 Å². The summed E-state index contributed by atoms with van der Waals surface area (Å²) < 4.78 is 0. The topological polar surface area (TPSA) is 111 Å². The molecule has 1 unspecified atom stereocenters. The van der Waals surface area contributed by atoms with Gasteiger partial charge < -0.3 is 15.5 Å². The van der Waals surface area contributed by atoms with Gasteiger partial charge in [0.2, 0.25) is 11.8 Å². The third kappa shape index (κ3) is 5.09. The molecule has 0 radical (unpaired) electrons. The van der Waals surface area contributed by atoms with E-state index in [9.17, 15) is 10.1 Å². The molecule has 1 aromatic heterocycles. The zero-order valence-electron chi connectivity index (χ0n) is 17.2. The van der Waals surface area contributed by atoms with Crippen LogP contribution in [0.4, 0.5) is 28.8 Å². The van der Waals surface area contributed by atoms with E-state index in [0.717, 1.165) is 31.0 Å². The van der Waals surface area contributed by atoms with E-state index >= 15 is 0 Å². The van der Waals surface area contributed by atoms with Crippen molar-refractivity contribution >= 4 is 28.8 Å². The zero-order chi connectivity index (χ0) is 21.0. The van der Waals surface area contributed by atoms with Crippen LogP contribution in [0, 0.1) is 10.1 Å². The Morgan fingerprint density at radius 2 is 1.97 bits per heavy atom. The SMILES string of the molecule is CNc1nc(Nc2ccc(N3CCN(C)C(NC(C)C)C3)cc2)ncc1[N+](=O)[O-]. The molecule has 1 aliphatic heterocycles. The molecule has 3 N–H and O–H groups in total. The molecule has 2 aromatic rings. The lowest BCUT2D eigenvalue weighted by Crippen LogP contribution is -2.59. The van der Waals surface area contributed by atoms with Gasteiger partial charge in [0.25, 0.3) is 0 Å². The van der Waals surface area contributed by atoms with Crippen LogP contribution in [0.3, 0.4) is 0 Å². The fourth-order valence-electron chi connectivity index (χ4n) is 3.31. The molecule has 0 bridgehead atoms. The Hall–Kier alpha value is -2.98. The first-order valence-corrected chi connectivity index (χ1v) is 9.65. The van der Waals surface area contributed by atoms with Crippen LogP contribution >= 0.6 is 0 Å². The molecule has 1 aromatic carbocycles. The highest BCUT2D eigenvalue weighted by atomic mass is 16.6. The number of nitro groups is 1. The highest BCUT2D eigenvalue weighted by molar-refractivity contribution is 5.62. The molecule has 0 spiro atoms. The Balaban J connectivity index is 1.68. The van der Waals surface area contributed by atoms with Gasteiger partial charge in [-0.05, 0) is 45.2 Å². The lowest BCUT2D eigenvalue weighted by Gasteiger charge is -2.41. The summed E-state index contributed by atoms with van der Waals surface area (Å²) in [5, 5.41) is 20.4. The monoisotopic (exact) mass is 400 g/mol. The highest BCUT2D eigenvalue weighted by Crippen LogP contribution is 2.25. The van der Waals surface area contributed by atoms with E-state index in [4.69, 9.17) is 0 Å². The van der Waals surface area contributed by atoms with E-state index in [2.05, 4.69) is 68.7 Å². The average molecular weight is 400 g/mol. The number of anilines is 4. The van der Waals surface area contributed by atoms with Gasteiger partial charge in [0.05, 0.1) is 11.1 Å². The van der Waals surface area contributed by atoms with Crippen molar-refractivity contribution in [2.45, 2.75) is 26.1 Å². The molecule has 29 heavy (non-hydrogen) atoms. The second-order valence-electron chi connectivity index (χ2n) is 7.37. The minimum atomic E-state index is -0.512. The molecule has 0 amide bonds. The molecule has 10 heteroatoms. The number of likely N-dealkylation sites (N-methyl/N-ethyl adjacent to an activating group) is 1. The number of piperazine rings is 1. The second-order valence-corrected chi connectivity index (χ2v) is 7.37. The summed E-state index contributed by atoms with van der Waals surface area (Å²) >= 11 is 0. The van der Waals surface area contributed by atoms with Gasteiger partial charge in [-0.1, -0.05) is 0 Å². The van der Waals surface area contributed by atoms with Crippen molar-refractivity contribution in [3.8, 4) is 0 Å². The van der Waals surface area contributed by atoms with Crippen molar-refractivity contribution < 1.29 is 4.92 Å². The number of nitrogens with one attached hydrogen (secondary N) is 3. The van der Waals surface area contributed by atoms with Gasteiger partial charge in [0.1, 0.15) is 6.20 Å². The first kappa shape index (κ1) is 20.7. The molecule has 1 atom stereocenters. The third-order valence-corrected chi connectivity index (χ3v) is 4.87. The Bertz CT molecular complexity index is 843. The van der Waals surface area contributed by atoms with Gasteiger partial charge in [-0.2, -0.15) is 4.98 Å². The highest BCUT2D eigenvalue weighted by Gasteiger charge is 2.24. The molecule has 1 aliphatic rings. The largest absolute Gasteiger partial charge is 0.367 e. The van der Waals surface area contributed by atoms with E-state index in [0.29, 0.717) is 18.2 Å². The molecule has 0 saturated carbocycles. The summed E-state index contributed by atoms with van der Waals surface area (Å²) in [5.41, 5.74) is 1.81. The number of hydrogen-bond donors (Lipinski definition) is 3. The number of hydrogen-bond acceptors (Lipinski definition) is 9. The Morgan fingerprint density at radius 1 is 1.24 bits per heavy atom. The molecule has 156 valence electrons. The summed E-state index contributed by atoms with van der Waals surface area (Å²) in [6.45, 7) is 7.20. The van der Waals surface area contributed by atoms with E-state index in [1.807, 2.05) is 12.1 Å². The van der Waals surface area contributed by atoms with Crippen LogP contribution in [0.2, 0.25) is 0 Å². The van der Waals surface area contributed by atoms with Gasteiger partial charge in [0, 0.05) is 44.1 Å². The lowest BCUT2D eigenvalue weighted by molar-refractivity contribution is -0.384. The van der Waals surface area contributed by atoms with Crippen molar-refractivity contribution in [3.05, 3.63) is 40.6 Å². The van der Waals surface area contributed by atoms with Crippen LogP contribution in [0.25, 0.3) is 0 Å². The van der Waals surface area contributed by atoms with Gasteiger partial charge >= 0.3 is 5.69 Å². The smallest absolute Gasteiger partial charge is 0.329 e. The molecule has 2 heterocycles. The average Bonchev–Trinajstić information content (AvgIpc) is 2.69. The number of rotatable bonds is 7. The van der Waals surface area contributed by atoms with Crippen LogP contribution in [-0.2, 0) is 0 Å². The standard InChI is InChI=1S/C19H28N8O2/c1-13(2)22-17-12-26(10-9-25(17)4)15-7-5-14(6-8-15)23-19-21-11-16(27(28)29)18(20-3)24-19/h5-8,11,13,17,22H,9-10,12H2,1-4H3,(H2,20,21,23,24). The molecule has 1 saturated heterocycles. The fourth-order valence-corrected chi connectivity index (χ4v) is 3.31. The Labute approximate surface area is 170 Å². The van der Waals surface area contributed by atoms with Crippen LogP contribution < -0.4 is 20.9 Å².